The van der Waals surface area contributed by atoms with Crippen molar-refractivity contribution in [2.75, 3.05) is 13.1 Å². The molecule has 1 aliphatic carbocycles. The van der Waals surface area contributed by atoms with Crippen molar-refractivity contribution in [3.8, 4) is 0 Å². The number of hydrogen-bond acceptors (Lipinski definition) is 2. The highest BCUT2D eigenvalue weighted by Gasteiger charge is 2.26. The molecule has 0 bridgehead atoms. The maximum atomic E-state index is 9.60. The zero-order chi connectivity index (χ0) is 9.97. The van der Waals surface area contributed by atoms with Gasteiger partial charge in [0.05, 0.1) is 6.10 Å². The van der Waals surface area contributed by atoms with Crippen LogP contribution in [-0.2, 0) is 0 Å². The Bertz CT molecular complexity index is 183. The molecule has 0 spiro atoms. The van der Waals surface area contributed by atoms with Crippen LogP contribution in [-0.4, -0.2) is 35.2 Å². The van der Waals surface area contributed by atoms with Gasteiger partial charge in [0, 0.05) is 12.6 Å². The molecule has 1 N–H and O–H groups in total. The highest BCUT2D eigenvalue weighted by molar-refractivity contribution is 4.80. The van der Waals surface area contributed by atoms with Gasteiger partial charge in [-0.05, 0) is 51.5 Å². The first kappa shape index (κ1) is 10.4. The monoisotopic (exact) mass is 197 g/mol. The summed E-state index contributed by atoms with van der Waals surface area (Å²) in [5.74, 6) is 0.763. The third-order valence-corrected chi connectivity index (χ3v) is 3.94. The zero-order valence-corrected chi connectivity index (χ0v) is 9.28. The largest absolute Gasteiger partial charge is 0.393 e. The van der Waals surface area contributed by atoms with E-state index in [4.69, 9.17) is 0 Å². The number of nitrogens with zero attached hydrogens (tertiary/aromatic N) is 1. The van der Waals surface area contributed by atoms with Crippen molar-refractivity contribution in [3.05, 3.63) is 0 Å². The molecule has 0 aromatic carbocycles. The molecule has 2 aliphatic rings. The first-order valence-corrected chi connectivity index (χ1v) is 6.18. The lowest BCUT2D eigenvalue weighted by Crippen LogP contribution is -2.35. The molecular weight excluding hydrogens is 174 g/mol. The average molecular weight is 197 g/mol. The Morgan fingerprint density at radius 3 is 2.71 bits per heavy atom. The van der Waals surface area contributed by atoms with Crippen LogP contribution in [0.3, 0.4) is 0 Å². The van der Waals surface area contributed by atoms with E-state index in [-0.39, 0.29) is 6.10 Å². The lowest BCUT2D eigenvalue weighted by molar-refractivity contribution is 0.0825. The van der Waals surface area contributed by atoms with Crippen LogP contribution < -0.4 is 0 Å². The lowest BCUT2D eigenvalue weighted by Gasteiger charge is -2.31. The molecule has 82 valence electrons. The van der Waals surface area contributed by atoms with Gasteiger partial charge in [-0.25, -0.2) is 0 Å². The smallest absolute Gasteiger partial charge is 0.0543 e. The summed E-state index contributed by atoms with van der Waals surface area (Å²) in [5.41, 5.74) is 0. The quantitative estimate of drug-likeness (QED) is 0.732. The summed E-state index contributed by atoms with van der Waals surface area (Å²) in [6, 6.07) is 0.786. The molecule has 1 saturated carbocycles. The molecule has 2 heteroatoms. The van der Waals surface area contributed by atoms with Crippen LogP contribution in [0, 0.1) is 5.92 Å². The highest BCUT2D eigenvalue weighted by atomic mass is 16.3. The van der Waals surface area contributed by atoms with Gasteiger partial charge in [0.1, 0.15) is 0 Å². The fourth-order valence-corrected chi connectivity index (χ4v) is 3.02. The summed E-state index contributed by atoms with van der Waals surface area (Å²) < 4.78 is 0. The highest BCUT2D eigenvalue weighted by Crippen LogP contribution is 2.27. The Morgan fingerprint density at radius 1 is 1.21 bits per heavy atom. The van der Waals surface area contributed by atoms with Gasteiger partial charge in [0.2, 0.25) is 0 Å². The van der Waals surface area contributed by atoms with Crippen molar-refractivity contribution < 1.29 is 5.11 Å². The molecule has 2 rings (SSSR count). The van der Waals surface area contributed by atoms with Gasteiger partial charge in [-0.3, -0.25) is 0 Å². The van der Waals surface area contributed by atoms with E-state index in [1.54, 1.807) is 0 Å². The standard InChI is InChI=1S/C12H23NO/c1-10-4-3-7-13(10)9-11-5-2-6-12(14)8-11/h10-12,14H,2-9H2,1H3. The average Bonchev–Trinajstić information content (AvgIpc) is 2.52. The van der Waals surface area contributed by atoms with Crippen molar-refractivity contribution >= 4 is 0 Å². The summed E-state index contributed by atoms with van der Waals surface area (Å²) in [5, 5.41) is 9.60. The van der Waals surface area contributed by atoms with Crippen molar-refractivity contribution in [1.82, 2.24) is 4.90 Å². The van der Waals surface area contributed by atoms with Gasteiger partial charge in [0.15, 0.2) is 0 Å². The van der Waals surface area contributed by atoms with Crippen molar-refractivity contribution in [2.24, 2.45) is 5.92 Å². The number of aliphatic hydroxyl groups is 1. The minimum atomic E-state index is -0.00772. The summed E-state index contributed by atoms with van der Waals surface area (Å²) in [6.07, 6.45) is 7.38. The number of aliphatic hydroxyl groups excluding tert-OH is 1. The second kappa shape index (κ2) is 4.63. The van der Waals surface area contributed by atoms with Gasteiger partial charge in [-0.1, -0.05) is 6.42 Å². The summed E-state index contributed by atoms with van der Waals surface area (Å²) in [4.78, 5) is 2.61. The number of rotatable bonds is 2. The molecule has 1 aliphatic heterocycles. The third-order valence-electron chi connectivity index (χ3n) is 3.94. The van der Waals surface area contributed by atoms with E-state index < -0.39 is 0 Å². The maximum absolute atomic E-state index is 9.60. The second-order valence-electron chi connectivity index (χ2n) is 5.17. The molecule has 1 saturated heterocycles. The molecule has 0 amide bonds. The zero-order valence-electron chi connectivity index (χ0n) is 9.28. The summed E-state index contributed by atoms with van der Waals surface area (Å²) >= 11 is 0. The molecule has 2 nitrogen and oxygen atoms in total. The Hall–Kier alpha value is -0.0800. The van der Waals surface area contributed by atoms with Crippen LogP contribution in [0.2, 0.25) is 0 Å². The minimum Gasteiger partial charge on any atom is -0.393 e. The molecule has 1 heterocycles. The molecule has 0 aromatic rings. The molecule has 3 unspecified atom stereocenters. The molecule has 2 fully saturated rings. The first-order valence-electron chi connectivity index (χ1n) is 6.18. The van der Waals surface area contributed by atoms with E-state index in [0.29, 0.717) is 0 Å². The second-order valence-corrected chi connectivity index (χ2v) is 5.17. The van der Waals surface area contributed by atoms with E-state index in [1.165, 1.54) is 38.8 Å². The van der Waals surface area contributed by atoms with Gasteiger partial charge < -0.3 is 10.0 Å². The number of likely N-dealkylation sites (tertiary alicyclic amines) is 1. The van der Waals surface area contributed by atoms with Gasteiger partial charge in [-0.15, -0.1) is 0 Å². The van der Waals surface area contributed by atoms with Crippen LogP contribution in [0.25, 0.3) is 0 Å². The Kier molecular flexibility index (Phi) is 3.45. The molecule has 3 atom stereocenters. The van der Waals surface area contributed by atoms with Crippen LogP contribution in [0.4, 0.5) is 0 Å². The Morgan fingerprint density at radius 2 is 2.07 bits per heavy atom. The van der Waals surface area contributed by atoms with E-state index in [0.717, 1.165) is 24.8 Å². The van der Waals surface area contributed by atoms with Crippen LogP contribution in [0.1, 0.15) is 45.4 Å². The fourth-order valence-electron chi connectivity index (χ4n) is 3.02. The minimum absolute atomic E-state index is 0.00772. The van der Waals surface area contributed by atoms with Crippen LogP contribution in [0.15, 0.2) is 0 Å². The maximum Gasteiger partial charge on any atom is 0.0543 e. The first-order chi connectivity index (χ1) is 6.75. The normalized spacial score (nSPS) is 40.3. The molecule has 0 aromatic heterocycles. The van der Waals surface area contributed by atoms with Gasteiger partial charge in [-0.2, -0.15) is 0 Å². The van der Waals surface area contributed by atoms with E-state index in [2.05, 4.69) is 11.8 Å². The Labute approximate surface area is 87.3 Å². The van der Waals surface area contributed by atoms with Gasteiger partial charge in [0.25, 0.3) is 0 Å². The molecular formula is C12H23NO. The van der Waals surface area contributed by atoms with Gasteiger partial charge >= 0.3 is 0 Å². The van der Waals surface area contributed by atoms with Crippen molar-refractivity contribution in [3.63, 3.8) is 0 Å². The van der Waals surface area contributed by atoms with E-state index >= 15 is 0 Å². The van der Waals surface area contributed by atoms with Crippen LogP contribution in [0.5, 0.6) is 0 Å². The van der Waals surface area contributed by atoms with Crippen LogP contribution >= 0.6 is 0 Å². The molecule has 0 radical (unpaired) electrons. The summed E-state index contributed by atoms with van der Waals surface area (Å²) in [7, 11) is 0. The predicted octanol–water partition coefficient (Wildman–Crippen LogP) is 2.02. The summed E-state index contributed by atoms with van der Waals surface area (Å²) in [6.45, 7) is 4.86. The SMILES string of the molecule is CC1CCCN1CC1CCCC(O)C1. The fraction of sp³-hybridized carbons (Fsp3) is 1.00. The predicted molar refractivity (Wildman–Crippen MR) is 58.2 cm³/mol. The third kappa shape index (κ3) is 2.48. The van der Waals surface area contributed by atoms with Crippen molar-refractivity contribution in [2.45, 2.75) is 57.6 Å². The molecule has 14 heavy (non-hydrogen) atoms. The van der Waals surface area contributed by atoms with E-state index in [1.807, 2.05) is 0 Å². The van der Waals surface area contributed by atoms with E-state index in [9.17, 15) is 5.11 Å². The lowest BCUT2D eigenvalue weighted by atomic mass is 9.87. The topological polar surface area (TPSA) is 23.5 Å². The Balaban J connectivity index is 1.78. The van der Waals surface area contributed by atoms with Crippen molar-refractivity contribution in [1.29, 1.82) is 0 Å². The number of hydrogen-bond donors (Lipinski definition) is 1.